The summed E-state index contributed by atoms with van der Waals surface area (Å²) < 4.78 is 10.8. The number of halogens is 1. The van der Waals surface area contributed by atoms with Gasteiger partial charge in [0.15, 0.2) is 0 Å². The van der Waals surface area contributed by atoms with E-state index >= 15 is 0 Å². The second kappa shape index (κ2) is 6.65. The molecule has 122 valence electrons. The summed E-state index contributed by atoms with van der Waals surface area (Å²) >= 11 is 6.08. The van der Waals surface area contributed by atoms with E-state index in [1.807, 2.05) is 32.9 Å². The lowest BCUT2D eigenvalue weighted by molar-refractivity contribution is 0.0240. The van der Waals surface area contributed by atoms with Crippen LogP contribution >= 0.6 is 11.6 Å². The van der Waals surface area contributed by atoms with Crippen LogP contribution in [0.2, 0.25) is 5.02 Å². The third-order valence-corrected chi connectivity index (χ3v) is 3.65. The van der Waals surface area contributed by atoms with Crippen LogP contribution in [0.5, 0.6) is 5.75 Å². The third-order valence-electron chi connectivity index (χ3n) is 3.41. The fourth-order valence-corrected chi connectivity index (χ4v) is 2.53. The smallest absolute Gasteiger partial charge is 0.410 e. The largest absolute Gasteiger partial charge is 0.495 e. The molecule has 1 aromatic rings. The van der Waals surface area contributed by atoms with Crippen LogP contribution in [0.25, 0.3) is 0 Å². The average molecular weight is 327 g/mol. The lowest BCUT2D eigenvalue weighted by Gasteiger charge is -2.37. The van der Waals surface area contributed by atoms with Crippen LogP contribution in [0.3, 0.4) is 0 Å². The molecular formula is C16H23ClN2O3. The molecule has 1 amide bonds. The molecule has 6 heteroatoms. The number of carbonyl (C=O) groups is 1. The van der Waals surface area contributed by atoms with Gasteiger partial charge in [-0.25, -0.2) is 4.79 Å². The number of piperazine rings is 1. The van der Waals surface area contributed by atoms with Crippen LogP contribution in [-0.2, 0) is 4.74 Å². The summed E-state index contributed by atoms with van der Waals surface area (Å²) in [6, 6.07) is 5.56. The number of carbonyl (C=O) groups excluding carboxylic acids is 1. The SMILES string of the molecule is COc1ccc(Cl)cc1N1CCN(C(=O)OC(C)(C)C)CC1. The molecular weight excluding hydrogens is 304 g/mol. The summed E-state index contributed by atoms with van der Waals surface area (Å²) in [6.45, 7) is 8.29. The Kier molecular flexibility index (Phi) is 5.06. The first kappa shape index (κ1) is 16.7. The van der Waals surface area contributed by atoms with E-state index in [4.69, 9.17) is 21.1 Å². The van der Waals surface area contributed by atoms with E-state index < -0.39 is 5.60 Å². The van der Waals surface area contributed by atoms with E-state index in [9.17, 15) is 4.79 Å². The van der Waals surface area contributed by atoms with Crippen molar-refractivity contribution in [1.29, 1.82) is 0 Å². The van der Waals surface area contributed by atoms with Crippen molar-refractivity contribution in [2.45, 2.75) is 26.4 Å². The first-order chi connectivity index (χ1) is 10.3. The Balaban J connectivity index is 2.00. The molecule has 1 saturated heterocycles. The Morgan fingerprint density at radius 2 is 1.82 bits per heavy atom. The quantitative estimate of drug-likeness (QED) is 0.835. The van der Waals surface area contributed by atoms with Gasteiger partial charge in [0.1, 0.15) is 11.4 Å². The van der Waals surface area contributed by atoms with Gasteiger partial charge in [-0.1, -0.05) is 11.6 Å². The summed E-state index contributed by atoms with van der Waals surface area (Å²) in [6.07, 6.45) is -0.259. The molecule has 0 bridgehead atoms. The fourth-order valence-electron chi connectivity index (χ4n) is 2.37. The maximum atomic E-state index is 12.1. The molecule has 0 radical (unpaired) electrons. The summed E-state index contributed by atoms with van der Waals surface area (Å²) in [5.74, 6) is 0.787. The molecule has 0 saturated carbocycles. The highest BCUT2D eigenvalue weighted by Gasteiger charge is 2.26. The van der Waals surface area contributed by atoms with Gasteiger partial charge in [0.2, 0.25) is 0 Å². The van der Waals surface area contributed by atoms with Crippen molar-refractivity contribution < 1.29 is 14.3 Å². The van der Waals surface area contributed by atoms with Crippen LogP contribution in [0.15, 0.2) is 18.2 Å². The van der Waals surface area contributed by atoms with Crippen molar-refractivity contribution in [3.05, 3.63) is 23.2 Å². The summed E-state index contributed by atoms with van der Waals surface area (Å²) in [5, 5.41) is 0.672. The zero-order valence-corrected chi connectivity index (χ0v) is 14.3. The molecule has 0 N–H and O–H groups in total. The van der Waals surface area contributed by atoms with Crippen molar-refractivity contribution in [2.75, 3.05) is 38.2 Å². The number of ether oxygens (including phenoxy) is 2. The van der Waals surface area contributed by atoms with Gasteiger partial charge in [0, 0.05) is 31.2 Å². The predicted molar refractivity (Wildman–Crippen MR) is 88.0 cm³/mol. The Hall–Kier alpha value is -1.62. The molecule has 0 aromatic heterocycles. The minimum atomic E-state index is -0.468. The summed E-state index contributed by atoms with van der Waals surface area (Å²) in [4.78, 5) is 16.0. The van der Waals surface area contributed by atoms with Crippen LogP contribution < -0.4 is 9.64 Å². The number of anilines is 1. The molecule has 5 nitrogen and oxygen atoms in total. The van der Waals surface area contributed by atoms with Crippen LogP contribution in [-0.4, -0.2) is 49.9 Å². The number of methoxy groups -OCH3 is 1. The lowest BCUT2D eigenvalue weighted by atomic mass is 10.2. The molecule has 1 aliphatic heterocycles. The van der Waals surface area contributed by atoms with Gasteiger partial charge in [-0.05, 0) is 39.0 Å². The minimum absolute atomic E-state index is 0.259. The van der Waals surface area contributed by atoms with Gasteiger partial charge in [-0.2, -0.15) is 0 Å². The van der Waals surface area contributed by atoms with E-state index in [1.54, 1.807) is 18.1 Å². The topological polar surface area (TPSA) is 42.0 Å². The van der Waals surface area contributed by atoms with Crippen molar-refractivity contribution in [2.24, 2.45) is 0 Å². The van der Waals surface area contributed by atoms with E-state index in [0.717, 1.165) is 24.5 Å². The second-order valence-electron chi connectivity index (χ2n) is 6.27. The Bertz CT molecular complexity index is 535. The zero-order chi connectivity index (χ0) is 16.3. The predicted octanol–water partition coefficient (Wildman–Crippen LogP) is 3.41. The van der Waals surface area contributed by atoms with Gasteiger partial charge in [-0.15, -0.1) is 0 Å². The maximum Gasteiger partial charge on any atom is 0.410 e. The number of amides is 1. The molecule has 22 heavy (non-hydrogen) atoms. The fraction of sp³-hybridized carbons (Fsp3) is 0.562. The summed E-state index contributed by atoms with van der Waals surface area (Å²) in [7, 11) is 1.64. The van der Waals surface area contributed by atoms with Gasteiger partial charge in [0.05, 0.1) is 12.8 Å². The highest BCUT2D eigenvalue weighted by atomic mass is 35.5. The standard InChI is InChI=1S/C16H23ClN2O3/c1-16(2,3)22-15(20)19-9-7-18(8-10-19)13-11-12(17)5-6-14(13)21-4/h5-6,11H,7-10H2,1-4H3. The highest BCUT2D eigenvalue weighted by Crippen LogP contribution is 2.31. The molecule has 2 rings (SSSR count). The van der Waals surface area contributed by atoms with Crippen molar-refractivity contribution in [3.63, 3.8) is 0 Å². The number of hydrogen-bond donors (Lipinski definition) is 0. The molecule has 1 fully saturated rings. The lowest BCUT2D eigenvalue weighted by Crippen LogP contribution is -2.50. The first-order valence-electron chi connectivity index (χ1n) is 7.36. The molecule has 0 atom stereocenters. The third kappa shape index (κ3) is 4.19. The molecule has 0 unspecified atom stereocenters. The van der Waals surface area contributed by atoms with E-state index in [0.29, 0.717) is 18.1 Å². The molecule has 0 aliphatic carbocycles. The first-order valence-corrected chi connectivity index (χ1v) is 7.74. The number of rotatable bonds is 2. The maximum absolute atomic E-state index is 12.1. The molecule has 0 spiro atoms. The molecule has 1 heterocycles. The number of nitrogens with zero attached hydrogens (tertiary/aromatic N) is 2. The molecule has 1 aromatic carbocycles. The van der Waals surface area contributed by atoms with Gasteiger partial charge in [0.25, 0.3) is 0 Å². The van der Waals surface area contributed by atoms with E-state index in [2.05, 4.69) is 4.90 Å². The highest BCUT2D eigenvalue weighted by molar-refractivity contribution is 6.30. The number of hydrogen-bond acceptors (Lipinski definition) is 4. The van der Waals surface area contributed by atoms with E-state index in [1.165, 1.54) is 0 Å². The Labute approximate surface area is 136 Å². The normalized spacial score (nSPS) is 15.7. The second-order valence-corrected chi connectivity index (χ2v) is 6.71. The number of benzene rings is 1. The Morgan fingerprint density at radius 3 is 2.36 bits per heavy atom. The van der Waals surface area contributed by atoms with Gasteiger partial charge < -0.3 is 19.3 Å². The van der Waals surface area contributed by atoms with Crippen molar-refractivity contribution in [3.8, 4) is 5.75 Å². The monoisotopic (exact) mass is 326 g/mol. The van der Waals surface area contributed by atoms with Crippen molar-refractivity contribution in [1.82, 2.24) is 4.90 Å². The van der Waals surface area contributed by atoms with Crippen molar-refractivity contribution >= 4 is 23.4 Å². The van der Waals surface area contributed by atoms with Crippen LogP contribution in [0.4, 0.5) is 10.5 Å². The van der Waals surface area contributed by atoms with Crippen LogP contribution in [0, 0.1) is 0 Å². The van der Waals surface area contributed by atoms with E-state index in [-0.39, 0.29) is 6.09 Å². The van der Waals surface area contributed by atoms with Gasteiger partial charge in [-0.3, -0.25) is 0 Å². The average Bonchev–Trinajstić information content (AvgIpc) is 2.45. The summed E-state index contributed by atoms with van der Waals surface area (Å²) in [5.41, 5.74) is 0.489. The van der Waals surface area contributed by atoms with Crippen LogP contribution in [0.1, 0.15) is 20.8 Å². The molecule has 1 aliphatic rings. The zero-order valence-electron chi connectivity index (χ0n) is 13.6. The minimum Gasteiger partial charge on any atom is -0.495 e. The van der Waals surface area contributed by atoms with Gasteiger partial charge >= 0.3 is 6.09 Å². The Morgan fingerprint density at radius 1 is 1.18 bits per heavy atom.